The van der Waals surface area contributed by atoms with E-state index in [1.807, 2.05) is 20.8 Å². The van der Waals surface area contributed by atoms with Gasteiger partial charge in [-0.1, -0.05) is 44.7 Å². The highest BCUT2D eigenvalue weighted by Crippen LogP contribution is 2.47. The number of hydrogen-bond donors (Lipinski definition) is 2. The molecule has 0 fully saturated rings. The number of fused-ring (bicyclic) bond motifs is 1. The molecule has 0 spiro atoms. The number of aromatic amines is 1. The van der Waals surface area contributed by atoms with Crippen molar-refractivity contribution >= 4 is 29.1 Å². The van der Waals surface area contributed by atoms with Gasteiger partial charge in [0.1, 0.15) is 5.82 Å². The van der Waals surface area contributed by atoms with Crippen molar-refractivity contribution in [2.45, 2.75) is 44.7 Å². The van der Waals surface area contributed by atoms with E-state index in [2.05, 4.69) is 15.3 Å². The lowest BCUT2D eigenvalue weighted by molar-refractivity contribution is -0.384. The maximum absolute atomic E-state index is 13.2. The Morgan fingerprint density at radius 2 is 2.07 bits per heavy atom. The molecule has 1 aromatic carbocycles. The van der Waals surface area contributed by atoms with Crippen molar-refractivity contribution in [1.29, 1.82) is 0 Å². The van der Waals surface area contributed by atoms with Gasteiger partial charge in [0.2, 0.25) is 0 Å². The number of allylic oxidation sites excluding steroid dienone is 2. The van der Waals surface area contributed by atoms with Crippen molar-refractivity contribution in [2.24, 2.45) is 5.41 Å². The zero-order valence-electron chi connectivity index (χ0n) is 16.9. The van der Waals surface area contributed by atoms with Crippen molar-refractivity contribution in [2.75, 3.05) is 11.1 Å². The summed E-state index contributed by atoms with van der Waals surface area (Å²) >= 11 is 1.42. The average Bonchev–Trinajstić information content (AvgIpc) is 2.65. The molecule has 2 aromatic rings. The quantitative estimate of drug-likeness (QED) is 0.328. The van der Waals surface area contributed by atoms with Gasteiger partial charge in [0, 0.05) is 35.7 Å². The van der Waals surface area contributed by atoms with Crippen LogP contribution < -0.4 is 10.9 Å². The summed E-state index contributed by atoms with van der Waals surface area (Å²) in [4.78, 5) is 44.4. The van der Waals surface area contributed by atoms with Crippen LogP contribution in [0, 0.1) is 15.5 Å². The highest BCUT2D eigenvalue weighted by atomic mass is 32.2. The number of non-ortho nitro benzene ring substituents is 1. The summed E-state index contributed by atoms with van der Waals surface area (Å²) in [5.41, 5.74) is 1.45. The Labute approximate surface area is 177 Å². The molecule has 0 amide bonds. The number of nitrogens with zero attached hydrogens (tertiary/aromatic N) is 2. The summed E-state index contributed by atoms with van der Waals surface area (Å²) in [6.07, 6.45) is 0.979. The Morgan fingerprint density at radius 3 is 2.77 bits per heavy atom. The number of nitro benzene ring substituents is 1. The standard InChI is InChI=1S/C21H22N4O4S/c1-4-30-20-23-18-17(19(27)24-20)15(11-6-5-7-12(8-11)25(28)29)16-13(22-18)9-21(2,3)10-14(16)26/h5-8,15H,4,9-10H2,1-3H3,(H2,22,23,24,27)/t15-/m1/s1. The number of benzene rings is 1. The second-order valence-electron chi connectivity index (χ2n) is 8.31. The van der Waals surface area contributed by atoms with E-state index in [0.717, 1.165) is 11.4 Å². The third-order valence-electron chi connectivity index (χ3n) is 5.40. The lowest BCUT2D eigenvalue weighted by Gasteiger charge is -2.38. The Bertz CT molecular complexity index is 1150. The van der Waals surface area contributed by atoms with E-state index in [1.165, 1.54) is 23.9 Å². The highest BCUT2D eigenvalue weighted by Gasteiger charge is 2.42. The van der Waals surface area contributed by atoms with Crippen molar-refractivity contribution in [1.82, 2.24) is 9.97 Å². The number of ketones is 1. The minimum atomic E-state index is -0.698. The van der Waals surface area contributed by atoms with Gasteiger partial charge in [-0.25, -0.2) is 4.98 Å². The van der Waals surface area contributed by atoms with Crippen LogP contribution in [-0.4, -0.2) is 26.4 Å². The Morgan fingerprint density at radius 1 is 1.30 bits per heavy atom. The molecule has 9 heteroatoms. The van der Waals surface area contributed by atoms with E-state index in [4.69, 9.17) is 0 Å². The van der Waals surface area contributed by atoms with Crippen molar-refractivity contribution in [3.8, 4) is 0 Å². The topological polar surface area (TPSA) is 118 Å². The lowest BCUT2D eigenvalue weighted by Crippen LogP contribution is -2.37. The summed E-state index contributed by atoms with van der Waals surface area (Å²) < 4.78 is 0. The van der Waals surface area contributed by atoms with Crippen LogP contribution in [0.25, 0.3) is 0 Å². The average molecular weight is 426 g/mol. The minimum Gasteiger partial charge on any atom is -0.343 e. The first-order chi connectivity index (χ1) is 14.2. The first-order valence-corrected chi connectivity index (χ1v) is 10.7. The fourth-order valence-electron chi connectivity index (χ4n) is 4.25. The van der Waals surface area contributed by atoms with Gasteiger partial charge in [-0.2, -0.15) is 0 Å². The van der Waals surface area contributed by atoms with E-state index >= 15 is 0 Å². The summed E-state index contributed by atoms with van der Waals surface area (Å²) in [6.45, 7) is 6.02. The molecule has 2 aliphatic rings. The Kier molecular flexibility index (Phi) is 5.01. The predicted octanol–water partition coefficient (Wildman–Crippen LogP) is 3.99. The smallest absolute Gasteiger partial charge is 0.269 e. The summed E-state index contributed by atoms with van der Waals surface area (Å²) in [5, 5.41) is 15.1. The summed E-state index contributed by atoms with van der Waals surface area (Å²) in [5.74, 6) is 0.407. The molecule has 4 rings (SSSR count). The number of carbonyl (C=O) groups excluding carboxylic acids is 1. The van der Waals surface area contributed by atoms with Crippen LogP contribution in [-0.2, 0) is 4.79 Å². The van der Waals surface area contributed by atoms with Gasteiger partial charge in [0.15, 0.2) is 10.9 Å². The zero-order chi connectivity index (χ0) is 21.6. The van der Waals surface area contributed by atoms with Crippen LogP contribution in [0.5, 0.6) is 0 Å². The van der Waals surface area contributed by atoms with Gasteiger partial charge >= 0.3 is 0 Å². The third-order valence-corrected chi connectivity index (χ3v) is 6.15. The summed E-state index contributed by atoms with van der Waals surface area (Å²) in [6, 6.07) is 6.13. The zero-order valence-corrected chi connectivity index (χ0v) is 17.8. The molecule has 0 bridgehead atoms. The number of nitro groups is 1. The molecule has 0 saturated carbocycles. The van der Waals surface area contributed by atoms with E-state index < -0.39 is 10.8 Å². The Hall–Kier alpha value is -2.94. The van der Waals surface area contributed by atoms with E-state index in [0.29, 0.717) is 40.5 Å². The number of thioether (sulfide) groups is 1. The fourth-order valence-corrected chi connectivity index (χ4v) is 4.84. The number of H-pyrrole nitrogens is 1. The van der Waals surface area contributed by atoms with Gasteiger partial charge in [0.25, 0.3) is 11.2 Å². The molecule has 0 saturated heterocycles. The van der Waals surface area contributed by atoms with Crippen LogP contribution in [0.2, 0.25) is 0 Å². The number of nitrogens with one attached hydrogen (secondary N) is 2. The second-order valence-corrected chi connectivity index (χ2v) is 9.56. The molecule has 0 unspecified atom stereocenters. The normalized spacial score (nSPS) is 19.7. The number of hydrogen-bond acceptors (Lipinski definition) is 7. The summed E-state index contributed by atoms with van der Waals surface area (Å²) in [7, 11) is 0. The molecule has 1 atom stereocenters. The first-order valence-electron chi connectivity index (χ1n) is 9.75. The first kappa shape index (κ1) is 20.3. The van der Waals surface area contributed by atoms with E-state index in [-0.39, 0.29) is 22.4 Å². The predicted molar refractivity (Wildman–Crippen MR) is 115 cm³/mol. The SMILES string of the molecule is CCSc1nc2c(c(=O)[nH]1)[C@H](c1cccc([N+](=O)[O-])c1)C1=C(CC(C)(C)CC1=O)N2. The van der Waals surface area contributed by atoms with Crippen LogP contribution in [0.15, 0.2) is 45.5 Å². The molecule has 2 heterocycles. The maximum atomic E-state index is 13.2. The maximum Gasteiger partial charge on any atom is 0.269 e. The molecule has 0 radical (unpaired) electrons. The van der Waals surface area contributed by atoms with Crippen molar-refractivity contribution in [3.05, 3.63) is 67.1 Å². The monoisotopic (exact) mass is 426 g/mol. The molecule has 156 valence electrons. The minimum absolute atomic E-state index is 0.0534. The van der Waals surface area contributed by atoms with Crippen molar-refractivity contribution in [3.63, 3.8) is 0 Å². The van der Waals surface area contributed by atoms with E-state index in [9.17, 15) is 19.7 Å². The molecule has 8 nitrogen and oxygen atoms in total. The molecular formula is C21H22N4O4S. The number of rotatable bonds is 4. The van der Waals surface area contributed by atoms with Crippen LogP contribution >= 0.6 is 11.8 Å². The third kappa shape index (κ3) is 3.54. The fraction of sp³-hybridized carbons (Fsp3) is 0.381. The molecule has 1 aliphatic carbocycles. The molecule has 1 aliphatic heterocycles. The van der Waals surface area contributed by atoms with Crippen LogP contribution in [0.1, 0.15) is 50.7 Å². The number of carbonyl (C=O) groups is 1. The highest BCUT2D eigenvalue weighted by molar-refractivity contribution is 7.99. The van der Waals surface area contributed by atoms with Gasteiger partial charge < -0.3 is 10.3 Å². The van der Waals surface area contributed by atoms with Crippen LogP contribution in [0.4, 0.5) is 11.5 Å². The van der Waals surface area contributed by atoms with Crippen LogP contribution in [0.3, 0.4) is 0 Å². The molecule has 1 aromatic heterocycles. The largest absolute Gasteiger partial charge is 0.343 e. The van der Waals surface area contributed by atoms with Gasteiger partial charge in [-0.15, -0.1) is 0 Å². The van der Waals surface area contributed by atoms with Gasteiger partial charge in [0.05, 0.1) is 10.5 Å². The van der Waals surface area contributed by atoms with E-state index in [1.54, 1.807) is 12.1 Å². The van der Waals surface area contributed by atoms with Gasteiger partial charge in [-0.05, 0) is 23.2 Å². The molecule has 30 heavy (non-hydrogen) atoms. The molecular weight excluding hydrogens is 404 g/mol. The Balaban J connectivity index is 1.97. The lowest BCUT2D eigenvalue weighted by atomic mass is 9.69. The van der Waals surface area contributed by atoms with Gasteiger partial charge in [-0.3, -0.25) is 19.7 Å². The second kappa shape index (κ2) is 7.39. The number of aromatic nitrogens is 2. The number of Topliss-reactive ketones (excluding diaryl/α,β-unsaturated/α-hetero) is 1. The molecule has 2 N–H and O–H groups in total. The van der Waals surface area contributed by atoms with Crippen molar-refractivity contribution < 1.29 is 9.72 Å². The number of anilines is 1.